The van der Waals surface area contributed by atoms with Crippen LogP contribution in [0.1, 0.15) is 49.7 Å². The number of hydrogen-bond donors (Lipinski definition) is 1. The van der Waals surface area contributed by atoms with Gasteiger partial charge in [-0.15, -0.1) is 0 Å². The lowest BCUT2D eigenvalue weighted by atomic mass is 9.74. The van der Waals surface area contributed by atoms with Crippen LogP contribution in [0.4, 0.5) is 0 Å². The van der Waals surface area contributed by atoms with Gasteiger partial charge in [-0.25, -0.2) is 0 Å². The van der Waals surface area contributed by atoms with Gasteiger partial charge in [0.15, 0.2) is 0 Å². The van der Waals surface area contributed by atoms with E-state index in [0.29, 0.717) is 6.54 Å². The standard InChI is InChI=1S/C21H28N2O/c24-20-21(13-18-9-4-5-10-19(18)14-22-20)11-6-12-23(16-21)15-17-7-2-1-3-8-17/h4-5,7,9-10H,1-3,6,8,11-16H2,(H,22,24). The second kappa shape index (κ2) is 6.72. The van der Waals surface area contributed by atoms with Gasteiger partial charge < -0.3 is 5.32 Å². The summed E-state index contributed by atoms with van der Waals surface area (Å²) in [5.74, 6) is 0.265. The van der Waals surface area contributed by atoms with Gasteiger partial charge in [0.05, 0.1) is 5.41 Å². The summed E-state index contributed by atoms with van der Waals surface area (Å²) in [6.07, 6.45) is 10.6. The Morgan fingerprint density at radius 2 is 2.00 bits per heavy atom. The van der Waals surface area contributed by atoms with Crippen molar-refractivity contribution < 1.29 is 4.79 Å². The van der Waals surface area contributed by atoms with Crippen molar-refractivity contribution in [2.45, 2.75) is 51.5 Å². The second-order valence-corrected chi connectivity index (χ2v) is 7.83. The first-order chi connectivity index (χ1) is 11.8. The van der Waals surface area contributed by atoms with Crippen molar-refractivity contribution in [1.82, 2.24) is 10.2 Å². The quantitative estimate of drug-likeness (QED) is 0.845. The summed E-state index contributed by atoms with van der Waals surface area (Å²) < 4.78 is 0. The van der Waals surface area contributed by atoms with E-state index in [1.165, 1.54) is 36.8 Å². The summed E-state index contributed by atoms with van der Waals surface area (Å²) in [6, 6.07) is 8.55. The number of hydrogen-bond acceptors (Lipinski definition) is 2. The molecule has 1 amide bonds. The third-order valence-electron chi connectivity index (χ3n) is 6.04. The molecule has 2 aliphatic heterocycles. The normalized spacial score (nSPS) is 28.0. The number of allylic oxidation sites excluding steroid dienone is 1. The lowest BCUT2D eigenvalue weighted by Crippen LogP contribution is -2.52. The van der Waals surface area contributed by atoms with Crippen LogP contribution in [0.5, 0.6) is 0 Å². The molecule has 0 saturated carbocycles. The maximum absolute atomic E-state index is 12.9. The molecule has 1 spiro atoms. The maximum atomic E-state index is 12.9. The molecule has 1 aromatic rings. The lowest BCUT2D eigenvalue weighted by Gasteiger charge is -2.41. The molecule has 1 fully saturated rings. The summed E-state index contributed by atoms with van der Waals surface area (Å²) >= 11 is 0. The lowest BCUT2D eigenvalue weighted by molar-refractivity contribution is -0.134. The highest BCUT2D eigenvalue weighted by Crippen LogP contribution is 2.37. The van der Waals surface area contributed by atoms with Crippen molar-refractivity contribution >= 4 is 5.91 Å². The van der Waals surface area contributed by atoms with E-state index in [0.717, 1.165) is 38.9 Å². The minimum Gasteiger partial charge on any atom is -0.351 e. The third-order valence-corrected chi connectivity index (χ3v) is 6.04. The molecule has 1 atom stereocenters. The molecule has 0 bridgehead atoms. The molecule has 24 heavy (non-hydrogen) atoms. The summed E-state index contributed by atoms with van der Waals surface area (Å²) in [6.45, 7) is 3.79. The van der Waals surface area contributed by atoms with E-state index in [-0.39, 0.29) is 11.3 Å². The van der Waals surface area contributed by atoms with Crippen molar-refractivity contribution in [1.29, 1.82) is 0 Å². The predicted octanol–water partition coefficient (Wildman–Crippen LogP) is 3.44. The molecule has 1 unspecified atom stereocenters. The van der Waals surface area contributed by atoms with Crippen LogP contribution in [0.3, 0.4) is 0 Å². The fourth-order valence-corrected chi connectivity index (χ4v) is 4.74. The van der Waals surface area contributed by atoms with Crippen molar-refractivity contribution in [2.24, 2.45) is 5.41 Å². The highest BCUT2D eigenvalue weighted by atomic mass is 16.2. The van der Waals surface area contributed by atoms with Gasteiger partial charge in [0, 0.05) is 19.6 Å². The number of carbonyl (C=O) groups excluding carboxylic acids is 1. The van der Waals surface area contributed by atoms with Gasteiger partial charge in [0.2, 0.25) is 5.91 Å². The van der Waals surface area contributed by atoms with Crippen molar-refractivity contribution in [3.63, 3.8) is 0 Å². The monoisotopic (exact) mass is 324 g/mol. The van der Waals surface area contributed by atoms with Crippen LogP contribution in [0, 0.1) is 5.41 Å². The third kappa shape index (κ3) is 3.14. The number of rotatable bonds is 2. The molecule has 0 radical (unpaired) electrons. The first-order valence-corrected chi connectivity index (χ1v) is 9.51. The van der Waals surface area contributed by atoms with E-state index >= 15 is 0 Å². The number of amides is 1. The van der Waals surface area contributed by atoms with Crippen LogP contribution < -0.4 is 5.32 Å². The highest BCUT2D eigenvalue weighted by molar-refractivity contribution is 5.84. The van der Waals surface area contributed by atoms with Gasteiger partial charge >= 0.3 is 0 Å². The number of piperidine rings is 1. The number of nitrogens with zero attached hydrogens (tertiary/aromatic N) is 1. The Balaban J connectivity index is 1.54. The molecule has 3 aliphatic rings. The molecular weight excluding hydrogens is 296 g/mol. The maximum Gasteiger partial charge on any atom is 0.228 e. The Kier molecular flexibility index (Phi) is 4.45. The zero-order valence-corrected chi connectivity index (χ0v) is 14.5. The molecule has 128 valence electrons. The summed E-state index contributed by atoms with van der Waals surface area (Å²) in [5, 5.41) is 3.21. The smallest absolute Gasteiger partial charge is 0.228 e. The second-order valence-electron chi connectivity index (χ2n) is 7.83. The molecule has 1 aromatic carbocycles. The van der Waals surface area contributed by atoms with Crippen LogP contribution in [-0.2, 0) is 17.8 Å². The van der Waals surface area contributed by atoms with E-state index in [9.17, 15) is 4.79 Å². The van der Waals surface area contributed by atoms with Crippen LogP contribution in [0.2, 0.25) is 0 Å². The van der Waals surface area contributed by atoms with Gasteiger partial charge in [-0.2, -0.15) is 0 Å². The van der Waals surface area contributed by atoms with Gasteiger partial charge in [-0.3, -0.25) is 9.69 Å². The Bertz CT molecular complexity index is 651. The predicted molar refractivity (Wildman–Crippen MR) is 96.7 cm³/mol. The minimum atomic E-state index is -0.236. The molecule has 2 heterocycles. The number of nitrogens with one attached hydrogen (secondary N) is 1. The van der Waals surface area contributed by atoms with Gasteiger partial charge in [-0.1, -0.05) is 35.9 Å². The molecule has 1 N–H and O–H groups in total. The van der Waals surface area contributed by atoms with Crippen LogP contribution in [0.25, 0.3) is 0 Å². The average molecular weight is 324 g/mol. The molecule has 1 saturated heterocycles. The fourth-order valence-electron chi connectivity index (χ4n) is 4.74. The largest absolute Gasteiger partial charge is 0.351 e. The van der Waals surface area contributed by atoms with E-state index in [1.807, 2.05) is 0 Å². The van der Waals surface area contributed by atoms with Crippen LogP contribution in [-0.4, -0.2) is 30.4 Å². The first kappa shape index (κ1) is 15.9. The van der Waals surface area contributed by atoms with Gasteiger partial charge in [0.1, 0.15) is 0 Å². The number of carbonyl (C=O) groups is 1. The zero-order chi connectivity index (χ0) is 16.4. The van der Waals surface area contributed by atoms with Crippen LogP contribution in [0.15, 0.2) is 35.9 Å². The molecule has 1 aliphatic carbocycles. The van der Waals surface area contributed by atoms with Crippen molar-refractivity contribution in [3.8, 4) is 0 Å². The Morgan fingerprint density at radius 1 is 1.12 bits per heavy atom. The topological polar surface area (TPSA) is 32.3 Å². The number of fused-ring (bicyclic) bond motifs is 1. The van der Waals surface area contributed by atoms with E-state index in [4.69, 9.17) is 0 Å². The Morgan fingerprint density at radius 3 is 2.83 bits per heavy atom. The van der Waals surface area contributed by atoms with Crippen molar-refractivity contribution in [3.05, 3.63) is 47.0 Å². The molecule has 3 heteroatoms. The van der Waals surface area contributed by atoms with Gasteiger partial charge in [-0.05, 0) is 62.6 Å². The highest BCUT2D eigenvalue weighted by Gasteiger charge is 2.43. The number of likely N-dealkylation sites (tertiary alicyclic amines) is 1. The zero-order valence-electron chi connectivity index (χ0n) is 14.5. The molecule has 3 nitrogen and oxygen atoms in total. The Labute approximate surface area is 145 Å². The minimum absolute atomic E-state index is 0.236. The van der Waals surface area contributed by atoms with Crippen molar-refractivity contribution in [2.75, 3.05) is 19.6 Å². The number of benzene rings is 1. The summed E-state index contributed by atoms with van der Waals surface area (Å²) in [4.78, 5) is 15.5. The summed E-state index contributed by atoms with van der Waals surface area (Å²) in [7, 11) is 0. The van der Waals surface area contributed by atoms with E-state index < -0.39 is 0 Å². The fraction of sp³-hybridized carbons (Fsp3) is 0.571. The van der Waals surface area contributed by atoms with E-state index in [2.05, 4.69) is 40.6 Å². The SMILES string of the molecule is O=C1NCc2ccccc2CC12CCCN(CC1=CCCCC1)C2. The van der Waals surface area contributed by atoms with Gasteiger partial charge in [0.25, 0.3) is 0 Å². The summed E-state index contributed by atoms with van der Waals surface area (Å²) in [5.41, 5.74) is 4.00. The molecular formula is C21H28N2O. The molecule has 4 rings (SSSR count). The average Bonchev–Trinajstić information content (AvgIpc) is 2.74. The van der Waals surface area contributed by atoms with E-state index in [1.54, 1.807) is 5.57 Å². The molecule has 0 aromatic heterocycles. The van der Waals surface area contributed by atoms with Crippen LogP contribution >= 0.6 is 0 Å². The Hall–Kier alpha value is -1.61. The first-order valence-electron chi connectivity index (χ1n) is 9.51.